The summed E-state index contributed by atoms with van der Waals surface area (Å²) < 4.78 is 0. The first-order valence-corrected chi connectivity index (χ1v) is 5.80. The molecule has 6 nitrogen and oxygen atoms in total. The minimum atomic E-state index is -0.536. The van der Waals surface area contributed by atoms with Gasteiger partial charge in [0, 0.05) is 19.2 Å². The van der Waals surface area contributed by atoms with Gasteiger partial charge in [0.1, 0.15) is 5.56 Å². The van der Waals surface area contributed by atoms with Crippen LogP contribution in [0.2, 0.25) is 0 Å². The van der Waals surface area contributed by atoms with Crippen molar-refractivity contribution >= 4 is 24.0 Å². The highest BCUT2D eigenvalue weighted by Gasteiger charge is 2.21. The number of nitrogens with one attached hydrogen (secondary N) is 2. The minimum Gasteiger partial charge on any atom is -0.351 e. The number of benzene rings is 1. The summed E-state index contributed by atoms with van der Waals surface area (Å²) in [5.74, 6) is -0.405. The van der Waals surface area contributed by atoms with Crippen molar-refractivity contribution in [1.82, 2.24) is 10.6 Å². The van der Waals surface area contributed by atoms with Crippen LogP contribution in [0, 0.1) is 17.0 Å². The predicted octanol–water partition coefficient (Wildman–Crippen LogP) is 1.66. The van der Waals surface area contributed by atoms with E-state index in [1.807, 2.05) is 6.92 Å². The van der Waals surface area contributed by atoms with Crippen molar-refractivity contribution in [3.05, 3.63) is 39.4 Å². The van der Waals surface area contributed by atoms with Crippen LogP contribution in [0.15, 0.2) is 18.2 Å². The van der Waals surface area contributed by atoms with Gasteiger partial charge >= 0.3 is 0 Å². The number of nitrogens with zero attached hydrogens (tertiary/aromatic N) is 1. The van der Waals surface area contributed by atoms with Crippen LogP contribution >= 0.6 is 12.4 Å². The summed E-state index contributed by atoms with van der Waals surface area (Å²) in [7, 11) is 0. The predicted molar refractivity (Wildman–Crippen MR) is 76.0 cm³/mol. The van der Waals surface area contributed by atoms with Crippen LogP contribution in [0.3, 0.4) is 0 Å². The second-order valence-corrected chi connectivity index (χ2v) is 3.84. The summed E-state index contributed by atoms with van der Waals surface area (Å²) >= 11 is 0. The average molecular weight is 288 g/mol. The van der Waals surface area contributed by atoms with Crippen molar-refractivity contribution in [2.75, 3.05) is 19.6 Å². The smallest absolute Gasteiger partial charge is 0.282 e. The van der Waals surface area contributed by atoms with Crippen LogP contribution < -0.4 is 10.6 Å². The molecule has 0 aliphatic carbocycles. The second kappa shape index (κ2) is 8.44. The van der Waals surface area contributed by atoms with Crippen molar-refractivity contribution in [2.45, 2.75) is 13.8 Å². The summed E-state index contributed by atoms with van der Waals surface area (Å²) in [6, 6.07) is 4.60. The third kappa shape index (κ3) is 4.84. The highest BCUT2D eigenvalue weighted by Crippen LogP contribution is 2.21. The number of carbonyl (C=O) groups is 1. The maximum atomic E-state index is 11.9. The Morgan fingerprint density at radius 2 is 2.05 bits per heavy atom. The zero-order valence-electron chi connectivity index (χ0n) is 10.9. The molecule has 0 unspecified atom stereocenters. The summed E-state index contributed by atoms with van der Waals surface area (Å²) in [6.45, 7) is 5.56. The number of hydrogen-bond donors (Lipinski definition) is 2. The van der Waals surface area contributed by atoms with Crippen molar-refractivity contribution in [3.8, 4) is 0 Å². The van der Waals surface area contributed by atoms with Gasteiger partial charge in [-0.2, -0.15) is 0 Å². The lowest BCUT2D eigenvalue weighted by Gasteiger charge is -2.08. The molecule has 1 aromatic rings. The number of nitro benzene ring substituents is 1. The number of aryl methyl sites for hydroxylation is 1. The molecule has 0 saturated heterocycles. The monoisotopic (exact) mass is 287 g/mol. The fourth-order valence-electron chi connectivity index (χ4n) is 1.63. The molecule has 0 aromatic heterocycles. The van der Waals surface area contributed by atoms with Gasteiger partial charge in [0.2, 0.25) is 0 Å². The van der Waals surface area contributed by atoms with Gasteiger partial charge in [-0.1, -0.05) is 19.1 Å². The Kier molecular flexibility index (Phi) is 7.71. The number of halogens is 1. The minimum absolute atomic E-state index is 0. The normalized spacial score (nSPS) is 9.58. The van der Waals surface area contributed by atoms with Gasteiger partial charge in [-0.3, -0.25) is 14.9 Å². The van der Waals surface area contributed by atoms with Gasteiger partial charge in [0.15, 0.2) is 0 Å². The van der Waals surface area contributed by atoms with E-state index in [0.29, 0.717) is 18.7 Å². The van der Waals surface area contributed by atoms with Crippen molar-refractivity contribution in [1.29, 1.82) is 0 Å². The van der Waals surface area contributed by atoms with E-state index >= 15 is 0 Å². The van der Waals surface area contributed by atoms with E-state index in [-0.39, 0.29) is 23.7 Å². The van der Waals surface area contributed by atoms with E-state index in [9.17, 15) is 14.9 Å². The number of rotatable bonds is 6. The molecule has 0 atom stereocenters. The van der Waals surface area contributed by atoms with Gasteiger partial charge < -0.3 is 10.6 Å². The van der Waals surface area contributed by atoms with E-state index in [1.54, 1.807) is 19.1 Å². The lowest BCUT2D eigenvalue weighted by atomic mass is 10.1. The van der Waals surface area contributed by atoms with Crippen LogP contribution in [0.5, 0.6) is 0 Å². The first-order valence-electron chi connectivity index (χ1n) is 5.80. The van der Waals surface area contributed by atoms with Crippen LogP contribution in [0.1, 0.15) is 22.8 Å². The van der Waals surface area contributed by atoms with Crippen molar-refractivity contribution in [3.63, 3.8) is 0 Å². The van der Waals surface area contributed by atoms with E-state index in [0.717, 1.165) is 6.54 Å². The van der Waals surface area contributed by atoms with E-state index in [4.69, 9.17) is 0 Å². The van der Waals surface area contributed by atoms with Crippen LogP contribution in [-0.2, 0) is 0 Å². The van der Waals surface area contributed by atoms with E-state index in [1.165, 1.54) is 6.07 Å². The molecule has 0 heterocycles. The Balaban J connectivity index is 0.00000324. The average Bonchev–Trinajstić information content (AvgIpc) is 2.34. The van der Waals surface area contributed by atoms with Gasteiger partial charge in [-0.25, -0.2) is 0 Å². The Hall–Kier alpha value is -1.66. The van der Waals surface area contributed by atoms with Gasteiger partial charge in [0.05, 0.1) is 4.92 Å². The Morgan fingerprint density at radius 3 is 2.63 bits per heavy atom. The van der Waals surface area contributed by atoms with Crippen molar-refractivity contribution < 1.29 is 9.72 Å². The molecule has 0 saturated carbocycles. The third-order valence-electron chi connectivity index (χ3n) is 2.51. The first-order chi connectivity index (χ1) is 8.57. The molecule has 0 aliphatic heterocycles. The lowest BCUT2D eigenvalue weighted by molar-refractivity contribution is -0.385. The second-order valence-electron chi connectivity index (χ2n) is 3.84. The Bertz CT molecular complexity index is 452. The summed E-state index contributed by atoms with van der Waals surface area (Å²) in [5, 5.41) is 16.6. The number of likely N-dealkylation sites (N-methyl/N-ethyl adjacent to an activating group) is 1. The molecule has 106 valence electrons. The quantitative estimate of drug-likeness (QED) is 0.473. The first kappa shape index (κ1) is 17.3. The van der Waals surface area contributed by atoms with Crippen LogP contribution in [-0.4, -0.2) is 30.5 Å². The topological polar surface area (TPSA) is 84.3 Å². The molecule has 2 N–H and O–H groups in total. The molecule has 1 amide bonds. The van der Waals surface area contributed by atoms with Crippen LogP contribution in [0.4, 0.5) is 5.69 Å². The molecule has 1 rings (SSSR count). The fraction of sp³-hybridized carbons (Fsp3) is 0.417. The number of amides is 1. The fourth-order valence-corrected chi connectivity index (χ4v) is 1.63. The molecule has 0 aliphatic rings. The molecule has 19 heavy (non-hydrogen) atoms. The third-order valence-corrected chi connectivity index (χ3v) is 2.51. The highest BCUT2D eigenvalue weighted by atomic mass is 35.5. The molecule has 0 spiro atoms. The van der Waals surface area contributed by atoms with Gasteiger partial charge in [0.25, 0.3) is 11.6 Å². The standard InChI is InChI=1S/C12H17N3O3.ClH/c1-3-13-7-8-14-12(16)11-9(2)5-4-6-10(11)15(17)18;/h4-6,13H,3,7-8H2,1-2H3,(H,14,16);1H. The Morgan fingerprint density at radius 1 is 1.37 bits per heavy atom. The van der Waals surface area contributed by atoms with E-state index < -0.39 is 10.8 Å². The largest absolute Gasteiger partial charge is 0.351 e. The maximum absolute atomic E-state index is 11.9. The Labute approximate surface area is 118 Å². The van der Waals surface area contributed by atoms with Crippen LogP contribution in [0.25, 0.3) is 0 Å². The van der Waals surface area contributed by atoms with Crippen molar-refractivity contribution in [2.24, 2.45) is 0 Å². The van der Waals surface area contributed by atoms with E-state index in [2.05, 4.69) is 10.6 Å². The van der Waals surface area contributed by atoms with Gasteiger partial charge in [-0.15, -0.1) is 12.4 Å². The number of carbonyl (C=O) groups excluding carboxylic acids is 1. The molecule has 0 radical (unpaired) electrons. The zero-order valence-corrected chi connectivity index (χ0v) is 11.8. The molecule has 0 bridgehead atoms. The molecule has 7 heteroatoms. The van der Waals surface area contributed by atoms with Gasteiger partial charge in [-0.05, 0) is 19.0 Å². The lowest BCUT2D eigenvalue weighted by Crippen LogP contribution is -2.32. The SMILES string of the molecule is CCNCCNC(=O)c1c(C)cccc1[N+](=O)[O-].Cl. The summed E-state index contributed by atoms with van der Waals surface area (Å²) in [6.07, 6.45) is 0. The summed E-state index contributed by atoms with van der Waals surface area (Å²) in [4.78, 5) is 22.2. The number of nitro groups is 1. The molecular formula is C12H18ClN3O3. The number of hydrogen-bond acceptors (Lipinski definition) is 4. The molecular weight excluding hydrogens is 270 g/mol. The highest BCUT2D eigenvalue weighted by molar-refractivity contribution is 5.99. The molecule has 1 aromatic carbocycles. The summed E-state index contributed by atoms with van der Waals surface area (Å²) in [5.41, 5.74) is 0.583. The molecule has 0 fully saturated rings. The maximum Gasteiger partial charge on any atom is 0.282 e. The zero-order chi connectivity index (χ0) is 13.5.